The number of Topliss-reactive ketones (excluding diaryl/α,β-unsaturated/α-hetero) is 1. The molecular weight excluding hydrogens is 248 g/mol. The Morgan fingerprint density at radius 3 is 2.15 bits per heavy atom. The van der Waals surface area contributed by atoms with Gasteiger partial charge in [0.1, 0.15) is 12.4 Å². The predicted octanol–water partition coefficient (Wildman–Crippen LogP) is 4.48. The highest BCUT2D eigenvalue weighted by Gasteiger charge is 2.05. The number of carbonyl (C=O) groups is 1. The molecule has 0 radical (unpaired) electrons. The van der Waals surface area contributed by atoms with E-state index in [1.807, 2.05) is 31.2 Å². The summed E-state index contributed by atoms with van der Waals surface area (Å²) in [4.78, 5) is 11.6. The second-order valence-corrected chi connectivity index (χ2v) is 4.96. The number of ether oxygens (including phenoxy) is 1. The van der Waals surface area contributed by atoms with Crippen molar-refractivity contribution < 1.29 is 9.53 Å². The van der Waals surface area contributed by atoms with Crippen molar-refractivity contribution in [2.45, 2.75) is 33.8 Å². The number of hydrogen-bond acceptors (Lipinski definition) is 2. The first kappa shape index (κ1) is 14.3. The molecule has 2 aromatic carbocycles. The molecule has 0 aliphatic heterocycles. The van der Waals surface area contributed by atoms with E-state index in [2.05, 4.69) is 32.0 Å². The smallest absolute Gasteiger partial charge is 0.162 e. The monoisotopic (exact) mass is 268 g/mol. The van der Waals surface area contributed by atoms with Gasteiger partial charge in [-0.15, -0.1) is 0 Å². The van der Waals surface area contributed by atoms with Crippen molar-refractivity contribution in [2.75, 3.05) is 0 Å². The third-order valence-corrected chi connectivity index (χ3v) is 3.53. The Morgan fingerprint density at radius 1 is 1.00 bits per heavy atom. The minimum Gasteiger partial charge on any atom is -0.489 e. The summed E-state index contributed by atoms with van der Waals surface area (Å²) in [6.07, 6.45) is 0.530. The molecule has 0 aliphatic carbocycles. The number of benzene rings is 2. The van der Waals surface area contributed by atoms with Crippen molar-refractivity contribution in [2.24, 2.45) is 0 Å². The fourth-order valence-electron chi connectivity index (χ4n) is 2.17. The zero-order valence-electron chi connectivity index (χ0n) is 12.3. The van der Waals surface area contributed by atoms with Crippen LogP contribution in [0, 0.1) is 13.8 Å². The molecule has 2 nitrogen and oxygen atoms in total. The lowest BCUT2D eigenvalue weighted by molar-refractivity contribution is 0.0988. The molecule has 20 heavy (non-hydrogen) atoms. The Hall–Kier alpha value is -2.09. The van der Waals surface area contributed by atoms with Gasteiger partial charge >= 0.3 is 0 Å². The van der Waals surface area contributed by atoms with Crippen LogP contribution >= 0.6 is 0 Å². The molecule has 0 atom stereocenters. The van der Waals surface area contributed by atoms with Crippen LogP contribution in [0.25, 0.3) is 0 Å². The van der Waals surface area contributed by atoms with Gasteiger partial charge in [0.25, 0.3) is 0 Å². The van der Waals surface area contributed by atoms with E-state index < -0.39 is 0 Å². The Labute approximate surface area is 120 Å². The van der Waals surface area contributed by atoms with Crippen LogP contribution in [0.15, 0.2) is 42.5 Å². The van der Waals surface area contributed by atoms with Crippen molar-refractivity contribution >= 4 is 5.78 Å². The minimum atomic E-state index is 0.159. The van der Waals surface area contributed by atoms with Gasteiger partial charge in [-0.05, 0) is 54.8 Å². The SMILES string of the molecule is CCC(=O)c1ccc(OCc2c(C)cccc2C)cc1. The van der Waals surface area contributed by atoms with E-state index in [-0.39, 0.29) is 5.78 Å². The molecule has 0 unspecified atom stereocenters. The number of ketones is 1. The molecule has 0 bridgehead atoms. The first-order valence-corrected chi connectivity index (χ1v) is 6.93. The summed E-state index contributed by atoms with van der Waals surface area (Å²) in [7, 11) is 0. The largest absolute Gasteiger partial charge is 0.489 e. The molecule has 0 aliphatic rings. The van der Waals surface area contributed by atoms with E-state index in [0.29, 0.717) is 13.0 Å². The van der Waals surface area contributed by atoms with E-state index in [0.717, 1.165) is 11.3 Å². The Kier molecular flexibility index (Phi) is 4.57. The van der Waals surface area contributed by atoms with Crippen molar-refractivity contribution in [3.8, 4) is 5.75 Å². The predicted molar refractivity (Wildman–Crippen MR) is 81.3 cm³/mol. The third-order valence-electron chi connectivity index (χ3n) is 3.53. The molecule has 0 spiro atoms. The van der Waals surface area contributed by atoms with E-state index >= 15 is 0 Å². The van der Waals surface area contributed by atoms with Gasteiger partial charge in [-0.25, -0.2) is 0 Å². The molecule has 0 aromatic heterocycles. The average Bonchev–Trinajstić information content (AvgIpc) is 2.46. The zero-order valence-corrected chi connectivity index (χ0v) is 12.3. The van der Waals surface area contributed by atoms with Crippen LogP contribution in [-0.2, 0) is 6.61 Å². The normalized spacial score (nSPS) is 10.3. The van der Waals surface area contributed by atoms with Gasteiger partial charge in [0.2, 0.25) is 0 Å². The fraction of sp³-hybridized carbons (Fsp3) is 0.278. The lowest BCUT2D eigenvalue weighted by atomic mass is 10.0. The Balaban J connectivity index is 2.06. The molecule has 0 saturated heterocycles. The molecule has 2 heteroatoms. The molecular formula is C18H20O2. The molecule has 2 rings (SSSR count). The first-order chi connectivity index (χ1) is 9.61. The number of aryl methyl sites for hydroxylation is 2. The lowest BCUT2D eigenvalue weighted by Crippen LogP contribution is -2.01. The van der Waals surface area contributed by atoms with Crippen molar-refractivity contribution in [3.63, 3.8) is 0 Å². The minimum absolute atomic E-state index is 0.159. The molecule has 0 fully saturated rings. The van der Waals surface area contributed by atoms with Crippen molar-refractivity contribution in [1.29, 1.82) is 0 Å². The molecule has 104 valence electrons. The van der Waals surface area contributed by atoms with E-state index in [1.165, 1.54) is 16.7 Å². The number of hydrogen-bond donors (Lipinski definition) is 0. The van der Waals surface area contributed by atoms with Crippen LogP contribution in [0.5, 0.6) is 5.75 Å². The van der Waals surface area contributed by atoms with E-state index in [9.17, 15) is 4.79 Å². The summed E-state index contributed by atoms with van der Waals surface area (Å²) in [5.41, 5.74) is 4.44. The van der Waals surface area contributed by atoms with E-state index in [1.54, 1.807) is 0 Å². The van der Waals surface area contributed by atoms with Crippen LogP contribution in [-0.4, -0.2) is 5.78 Å². The summed E-state index contributed by atoms with van der Waals surface area (Å²) in [5, 5.41) is 0. The van der Waals surface area contributed by atoms with Gasteiger partial charge in [-0.1, -0.05) is 25.1 Å². The molecule has 0 amide bonds. The number of carbonyl (C=O) groups excluding carboxylic acids is 1. The van der Waals surface area contributed by atoms with Crippen LogP contribution in [0.3, 0.4) is 0 Å². The van der Waals surface area contributed by atoms with Gasteiger partial charge in [0, 0.05) is 12.0 Å². The average molecular weight is 268 g/mol. The quantitative estimate of drug-likeness (QED) is 0.748. The number of rotatable bonds is 5. The van der Waals surface area contributed by atoms with Crippen LogP contribution in [0.4, 0.5) is 0 Å². The van der Waals surface area contributed by atoms with Crippen molar-refractivity contribution in [3.05, 3.63) is 64.7 Å². The summed E-state index contributed by atoms with van der Waals surface area (Å²) < 4.78 is 5.81. The fourth-order valence-corrected chi connectivity index (χ4v) is 2.17. The maximum Gasteiger partial charge on any atom is 0.162 e. The van der Waals surface area contributed by atoms with Gasteiger partial charge < -0.3 is 4.74 Å². The second-order valence-electron chi connectivity index (χ2n) is 4.96. The summed E-state index contributed by atoms with van der Waals surface area (Å²) in [5.74, 6) is 0.951. The van der Waals surface area contributed by atoms with Crippen LogP contribution < -0.4 is 4.74 Å². The zero-order chi connectivity index (χ0) is 14.5. The highest BCUT2D eigenvalue weighted by molar-refractivity contribution is 5.95. The topological polar surface area (TPSA) is 26.3 Å². The molecule has 2 aromatic rings. The van der Waals surface area contributed by atoms with Gasteiger partial charge in [-0.3, -0.25) is 4.79 Å². The van der Waals surface area contributed by atoms with Gasteiger partial charge in [0.05, 0.1) is 0 Å². The van der Waals surface area contributed by atoms with Crippen LogP contribution in [0.2, 0.25) is 0 Å². The maximum atomic E-state index is 11.6. The first-order valence-electron chi connectivity index (χ1n) is 6.93. The highest BCUT2D eigenvalue weighted by Crippen LogP contribution is 2.18. The Morgan fingerprint density at radius 2 is 1.60 bits per heavy atom. The maximum absolute atomic E-state index is 11.6. The summed E-state index contributed by atoms with van der Waals surface area (Å²) in [6.45, 7) is 6.61. The highest BCUT2D eigenvalue weighted by atomic mass is 16.5. The van der Waals surface area contributed by atoms with Gasteiger partial charge in [-0.2, -0.15) is 0 Å². The van der Waals surface area contributed by atoms with Crippen LogP contribution in [0.1, 0.15) is 40.4 Å². The van der Waals surface area contributed by atoms with Crippen molar-refractivity contribution in [1.82, 2.24) is 0 Å². The third kappa shape index (κ3) is 3.27. The molecule has 0 N–H and O–H groups in total. The van der Waals surface area contributed by atoms with E-state index in [4.69, 9.17) is 4.74 Å². The molecule has 0 saturated carbocycles. The summed E-state index contributed by atoms with van der Waals surface area (Å²) >= 11 is 0. The molecule has 0 heterocycles. The second kappa shape index (κ2) is 6.38. The van der Waals surface area contributed by atoms with Gasteiger partial charge in [0.15, 0.2) is 5.78 Å². The lowest BCUT2D eigenvalue weighted by Gasteiger charge is -2.11. The standard InChI is InChI=1S/C18H20O2/c1-4-18(19)15-8-10-16(11-9-15)20-12-17-13(2)6-5-7-14(17)3/h5-11H,4,12H2,1-3H3. The Bertz CT molecular complexity index is 577. The summed E-state index contributed by atoms with van der Waals surface area (Å²) in [6, 6.07) is 13.6.